The van der Waals surface area contributed by atoms with Gasteiger partial charge in [-0.25, -0.2) is 22.8 Å². The Labute approximate surface area is 153 Å². The first-order valence-corrected chi connectivity index (χ1v) is 8.19. The summed E-state index contributed by atoms with van der Waals surface area (Å²) >= 11 is 0. The molecule has 1 N–H and O–H groups in total. The number of carbonyl (C=O) groups excluding carboxylic acids is 1. The van der Waals surface area contributed by atoms with E-state index in [-0.39, 0.29) is 23.5 Å². The summed E-state index contributed by atoms with van der Waals surface area (Å²) < 4.78 is 41.3. The van der Waals surface area contributed by atoms with Gasteiger partial charge in [-0.05, 0) is 48.7 Å². The molecule has 3 aromatic rings. The van der Waals surface area contributed by atoms with Crippen molar-refractivity contribution in [2.24, 2.45) is 0 Å². The van der Waals surface area contributed by atoms with E-state index in [1.54, 1.807) is 25.3 Å². The number of halogens is 3. The van der Waals surface area contributed by atoms with Crippen LogP contribution in [0.5, 0.6) is 0 Å². The van der Waals surface area contributed by atoms with Gasteiger partial charge in [0.2, 0.25) is 0 Å². The minimum absolute atomic E-state index is 0.121. The third-order valence-corrected chi connectivity index (χ3v) is 4.15. The molecule has 0 fully saturated rings. The predicted molar refractivity (Wildman–Crippen MR) is 93.6 cm³/mol. The van der Waals surface area contributed by atoms with E-state index in [9.17, 15) is 18.0 Å². The standard InChI is InChI=1S/C19H17F3N4O/c1-11-16(19(27)23-2)10-26(25-11)17-8-12(5-6-24-17)7-13-9-14(20)3-4-15(13)18(21)22/h3-6,8-10,18H,7H2,1-2H3,(H,23,27). The fraction of sp³-hybridized carbons (Fsp3) is 0.211. The van der Waals surface area contributed by atoms with Crippen molar-refractivity contribution in [1.82, 2.24) is 20.1 Å². The van der Waals surface area contributed by atoms with Crippen molar-refractivity contribution in [3.05, 3.63) is 76.5 Å². The maximum absolute atomic E-state index is 13.5. The van der Waals surface area contributed by atoms with Crippen molar-refractivity contribution in [1.29, 1.82) is 0 Å². The Morgan fingerprint density at radius 2 is 2.04 bits per heavy atom. The summed E-state index contributed by atoms with van der Waals surface area (Å²) in [5.74, 6) is -0.404. The molecule has 2 heterocycles. The molecule has 0 bridgehead atoms. The quantitative estimate of drug-likeness (QED) is 0.742. The molecule has 140 valence electrons. The molecule has 2 aromatic heterocycles. The van der Waals surface area contributed by atoms with E-state index in [0.717, 1.165) is 18.2 Å². The van der Waals surface area contributed by atoms with Crippen LogP contribution in [-0.4, -0.2) is 27.7 Å². The van der Waals surface area contributed by atoms with Crippen LogP contribution in [0, 0.1) is 12.7 Å². The van der Waals surface area contributed by atoms with E-state index in [2.05, 4.69) is 15.4 Å². The van der Waals surface area contributed by atoms with Crippen molar-refractivity contribution in [3.63, 3.8) is 0 Å². The monoisotopic (exact) mass is 374 g/mol. The number of aryl methyl sites for hydroxylation is 1. The van der Waals surface area contributed by atoms with Crippen LogP contribution >= 0.6 is 0 Å². The van der Waals surface area contributed by atoms with Crippen LogP contribution in [0.3, 0.4) is 0 Å². The number of nitrogens with zero attached hydrogens (tertiary/aromatic N) is 3. The molecular formula is C19H17F3N4O. The molecule has 0 unspecified atom stereocenters. The van der Waals surface area contributed by atoms with Crippen LogP contribution < -0.4 is 5.32 Å². The number of alkyl halides is 2. The first kappa shape index (κ1) is 18.6. The number of aromatic nitrogens is 3. The summed E-state index contributed by atoms with van der Waals surface area (Å²) in [5.41, 5.74) is 1.63. The fourth-order valence-corrected chi connectivity index (χ4v) is 2.79. The van der Waals surface area contributed by atoms with Crippen LogP contribution in [0.4, 0.5) is 13.2 Å². The lowest BCUT2D eigenvalue weighted by molar-refractivity contribution is 0.0962. The first-order valence-electron chi connectivity index (χ1n) is 8.19. The molecule has 0 radical (unpaired) electrons. The number of nitrogens with one attached hydrogen (secondary N) is 1. The summed E-state index contributed by atoms with van der Waals surface area (Å²) in [7, 11) is 1.53. The highest BCUT2D eigenvalue weighted by atomic mass is 19.3. The van der Waals surface area contributed by atoms with Gasteiger partial charge >= 0.3 is 0 Å². The first-order chi connectivity index (χ1) is 12.9. The molecule has 1 amide bonds. The Hall–Kier alpha value is -3.16. The van der Waals surface area contributed by atoms with Crippen molar-refractivity contribution in [3.8, 4) is 5.82 Å². The topological polar surface area (TPSA) is 59.8 Å². The van der Waals surface area contributed by atoms with Gasteiger partial charge in [-0.1, -0.05) is 6.07 Å². The van der Waals surface area contributed by atoms with E-state index >= 15 is 0 Å². The summed E-state index contributed by atoms with van der Waals surface area (Å²) in [4.78, 5) is 16.0. The average Bonchev–Trinajstić information content (AvgIpc) is 3.03. The lowest BCUT2D eigenvalue weighted by Gasteiger charge is -2.10. The second-order valence-corrected chi connectivity index (χ2v) is 5.99. The summed E-state index contributed by atoms with van der Waals surface area (Å²) in [6.45, 7) is 1.70. The van der Waals surface area contributed by atoms with Crippen LogP contribution in [0.25, 0.3) is 5.82 Å². The van der Waals surface area contributed by atoms with Gasteiger partial charge in [0.05, 0.1) is 11.3 Å². The summed E-state index contributed by atoms with van der Waals surface area (Å²) in [5, 5.41) is 6.81. The largest absolute Gasteiger partial charge is 0.355 e. The van der Waals surface area contributed by atoms with Crippen molar-refractivity contribution >= 4 is 5.91 Å². The number of pyridine rings is 1. The van der Waals surface area contributed by atoms with E-state index in [1.807, 2.05) is 0 Å². The molecule has 0 atom stereocenters. The van der Waals surface area contributed by atoms with Gasteiger partial charge in [-0.2, -0.15) is 5.10 Å². The van der Waals surface area contributed by atoms with Crippen LogP contribution in [0.2, 0.25) is 0 Å². The van der Waals surface area contributed by atoms with Gasteiger partial charge in [-0.15, -0.1) is 0 Å². The Balaban J connectivity index is 1.94. The van der Waals surface area contributed by atoms with E-state index < -0.39 is 12.2 Å². The second kappa shape index (κ2) is 7.61. The van der Waals surface area contributed by atoms with E-state index in [0.29, 0.717) is 22.6 Å². The average molecular weight is 374 g/mol. The molecule has 1 aromatic carbocycles. The molecule has 8 heteroatoms. The summed E-state index contributed by atoms with van der Waals surface area (Å²) in [6, 6.07) is 6.57. The molecule has 0 spiro atoms. The second-order valence-electron chi connectivity index (χ2n) is 5.99. The van der Waals surface area contributed by atoms with Gasteiger partial charge in [0.25, 0.3) is 12.3 Å². The van der Waals surface area contributed by atoms with Crippen LogP contribution in [-0.2, 0) is 6.42 Å². The Kier molecular flexibility index (Phi) is 5.25. The molecule has 0 aliphatic heterocycles. The molecule has 0 aliphatic carbocycles. The third kappa shape index (κ3) is 3.99. The van der Waals surface area contributed by atoms with Gasteiger partial charge in [0, 0.05) is 25.0 Å². The van der Waals surface area contributed by atoms with Gasteiger partial charge in [0.15, 0.2) is 5.82 Å². The number of amides is 1. The number of hydrogen-bond acceptors (Lipinski definition) is 3. The molecule has 0 saturated heterocycles. The number of rotatable bonds is 5. The Morgan fingerprint density at radius 1 is 1.26 bits per heavy atom. The van der Waals surface area contributed by atoms with Crippen molar-refractivity contribution in [2.45, 2.75) is 19.8 Å². The van der Waals surface area contributed by atoms with Gasteiger partial charge < -0.3 is 5.32 Å². The van der Waals surface area contributed by atoms with Crippen molar-refractivity contribution < 1.29 is 18.0 Å². The Bertz CT molecular complexity index is 985. The van der Waals surface area contributed by atoms with E-state index in [1.165, 1.54) is 17.9 Å². The molecule has 27 heavy (non-hydrogen) atoms. The molecule has 0 aliphatic rings. The van der Waals surface area contributed by atoms with Crippen molar-refractivity contribution in [2.75, 3.05) is 7.05 Å². The Morgan fingerprint density at radius 3 is 2.74 bits per heavy atom. The maximum atomic E-state index is 13.5. The highest BCUT2D eigenvalue weighted by Gasteiger charge is 2.16. The zero-order valence-electron chi connectivity index (χ0n) is 14.7. The zero-order valence-corrected chi connectivity index (χ0v) is 14.7. The highest BCUT2D eigenvalue weighted by Crippen LogP contribution is 2.26. The maximum Gasteiger partial charge on any atom is 0.264 e. The zero-order chi connectivity index (χ0) is 19.6. The summed E-state index contributed by atoms with van der Waals surface area (Å²) in [6.07, 6.45) is 0.497. The molecule has 5 nitrogen and oxygen atoms in total. The number of carbonyl (C=O) groups is 1. The number of hydrogen-bond donors (Lipinski definition) is 1. The smallest absolute Gasteiger partial charge is 0.264 e. The van der Waals surface area contributed by atoms with Gasteiger partial charge in [-0.3, -0.25) is 4.79 Å². The number of benzene rings is 1. The van der Waals surface area contributed by atoms with Gasteiger partial charge in [0.1, 0.15) is 5.82 Å². The van der Waals surface area contributed by atoms with Crippen LogP contribution in [0.1, 0.15) is 39.2 Å². The highest BCUT2D eigenvalue weighted by molar-refractivity contribution is 5.94. The predicted octanol–water partition coefficient (Wildman–Crippen LogP) is 3.60. The minimum Gasteiger partial charge on any atom is -0.355 e. The molecular weight excluding hydrogens is 357 g/mol. The molecule has 0 saturated carbocycles. The van der Waals surface area contributed by atoms with Crippen LogP contribution in [0.15, 0.2) is 42.7 Å². The SMILES string of the molecule is CNC(=O)c1cn(-c2cc(Cc3cc(F)ccc3C(F)F)ccn2)nc1C. The lowest BCUT2D eigenvalue weighted by Crippen LogP contribution is -2.18. The fourth-order valence-electron chi connectivity index (χ4n) is 2.79. The third-order valence-electron chi connectivity index (χ3n) is 4.15. The lowest BCUT2D eigenvalue weighted by atomic mass is 10.0. The van der Waals surface area contributed by atoms with E-state index in [4.69, 9.17) is 0 Å². The minimum atomic E-state index is -2.69. The normalized spacial score (nSPS) is 11.0. The molecule has 3 rings (SSSR count).